The number of anilines is 1. The first-order valence-electron chi connectivity index (χ1n) is 6.59. The molecule has 0 heterocycles. The van der Waals surface area contributed by atoms with Crippen LogP contribution in [0.3, 0.4) is 0 Å². The summed E-state index contributed by atoms with van der Waals surface area (Å²) < 4.78 is 0. The molecule has 1 unspecified atom stereocenters. The van der Waals surface area contributed by atoms with Crippen molar-refractivity contribution >= 4 is 5.69 Å². The number of benzene rings is 2. The molecule has 0 aliphatic carbocycles. The predicted molar refractivity (Wildman–Crippen MR) is 79.0 cm³/mol. The highest BCUT2D eigenvalue weighted by atomic mass is 14.9. The molecule has 2 heteroatoms. The average Bonchev–Trinajstić information content (AvgIpc) is 2.48. The fourth-order valence-electron chi connectivity index (χ4n) is 2.13. The second-order valence-corrected chi connectivity index (χ2v) is 4.61. The summed E-state index contributed by atoms with van der Waals surface area (Å²) >= 11 is 0. The lowest BCUT2D eigenvalue weighted by atomic mass is 10.0. The van der Waals surface area contributed by atoms with Gasteiger partial charge in [-0.1, -0.05) is 37.3 Å². The standard InChI is InChI=1S/C17H18N2/c1-3-15-6-4-5-7-17(15)19-13(2)16-10-8-14(12-18)9-11-16/h4-11,13,19H,3H2,1-2H3. The minimum atomic E-state index is 0.223. The van der Waals surface area contributed by atoms with Crippen LogP contribution < -0.4 is 5.32 Å². The highest BCUT2D eigenvalue weighted by Gasteiger charge is 2.07. The molecule has 2 rings (SSSR count). The van der Waals surface area contributed by atoms with Gasteiger partial charge in [-0.25, -0.2) is 0 Å². The number of nitrogens with one attached hydrogen (secondary N) is 1. The number of aryl methyl sites for hydroxylation is 1. The van der Waals surface area contributed by atoms with Crippen LogP contribution in [-0.4, -0.2) is 0 Å². The molecule has 0 saturated heterocycles. The van der Waals surface area contributed by atoms with E-state index >= 15 is 0 Å². The van der Waals surface area contributed by atoms with Gasteiger partial charge < -0.3 is 5.32 Å². The minimum absolute atomic E-state index is 0.223. The lowest BCUT2D eigenvalue weighted by molar-refractivity contribution is 0.879. The Bertz CT molecular complexity index is 579. The van der Waals surface area contributed by atoms with Crippen molar-refractivity contribution in [2.45, 2.75) is 26.3 Å². The van der Waals surface area contributed by atoms with Crippen molar-refractivity contribution in [2.24, 2.45) is 0 Å². The molecule has 0 fully saturated rings. The Balaban J connectivity index is 2.16. The first kappa shape index (κ1) is 13.2. The van der Waals surface area contributed by atoms with Gasteiger partial charge >= 0.3 is 0 Å². The summed E-state index contributed by atoms with van der Waals surface area (Å²) in [5.74, 6) is 0. The van der Waals surface area contributed by atoms with Crippen LogP contribution in [0.5, 0.6) is 0 Å². The van der Waals surface area contributed by atoms with E-state index in [1.54, 1.807) is 0 Å². The van der Waals surface area contributed by atoms with Crippen molar-refractivity contribution in [3.8, 4) is 6.07 Å². The molecule has 1 atom stereocenters. The fourth-order valence-corrected chi connectivity index (χ4v) is 2.13. The molecule has 2 nitrogen and oxygen atoms in total. The number of rotatable bonds is 4. The van der Waals surface area contributed by atoms with Gasteiger partial charge in [-0.05, 0) is 42.7 Å². The summed E-state index contributed by atoms with van der Waals surface area (Å²) in [6, 6.07) is 18.5. The number of nitriles is 1. The van der Waals surface area contributed by atoms with Crippen molar-refractivity contribution in [2.75, 3.05) is 5.32 Å². The van der Waals surface area contributed by atoms with Gasteiger partial charge in [0.1, 0.15) is 0 Å². The van der Waals surface area contributed by atoms with E-state index in [0.717, 1.165) is 6.42 Å². The summed E-state index contributed by atoms with van der Waals surface area (Å²) in [6.45, 7) is 4.29. The van der Waals surface area contributed by atoms with Gasteiger partial charge in [0.05, 0.1) is 11.6 Å². The molecule has 2 aromatic carbocycles. The highest BCUT2D eigenvalue weighted by Crippen LogP contribution is 2.22. The van der Waals surface area contributed by atoms with Crippen molar-refractivity contribution < 1.29 is 0 Å². The topological polar surface area (TPSA) is 35.8 Å². The van der Waals surface area contributed by atoms with E-state index in [9.17, 15) is 0 Å². The summed E-state index contributed by atoms with van der Waals surface area (Å²) in [5.41, 5.74) is 4.39. The Kier molecular flexibility index (Phi) is 4.20. The van der Waals surface area contributed by atoms with Gasteiger partial charge in [-0.2, -0.15) is 5.26 Å². The van der Waals surface area contributed by atoms with Crippen LogP contribution in [0.1, 0.15) is 36.6 Å². The van der Waals surface area contributed by atoms with E-state index < -0.39 is 0 Å². The van der Waals surface area contributed by atoms with Crippen LogP contribution in [0.25, 0.3) is 0 Å². The van der Waals surface area contributed by atoms with Crippen LogP contribution >= 0.6 is 0 Å². The zero-order chi connectivity index (χ0) is 13.7. The molecule has 1 N–H and O–H groups in total. The second-order valence-electron chi connectivity index (χ2n) is 4.61. The molecule has 0 aromatic heterocycles. The number of para-hydroxylation sites is 1. The maximum absolute atomic E-state index is 8.80. The van der Waals surface area contributed by atoms with E-state index in [4.69, 9.17) is 5.26 Å². The normalized spacial score (nSPS) is 11.6. The first-order chi connectivity index (χ1) is 9.24. The van der Waals surface area contributed by atoms with Gasteiger partial charge in [0, 0.05) is 11.7 Å². The van der Waals surface area contributed by atoms with E-state index in [2.05, 4.69) is 43.4 Å². The Labute approximate surface area is 114 Å². The summed E-state index contributed by atoms with van der Waals surface area (Å²) in [5, 5.41) is 12.3. The summed E-state index contributed by atoms with van der Waals surface area (Å²) in [7, 11) is 0. The quantitative estimate of drug-likeness (QED) is 0.878. The highest BCUT2D eigenvalue weighted by molar-refractivity contribution is 5.52. The predicted octanol–water partition coefficient (Wildman–Crippen LogP) is 4.29. The second kappa shape index (κ2) is 6.06. The summed E-state index contributed by atoms with van der Waals surface area (Å²) in [6.07, 6.45) is 1.02. The smallest absolute Gasteiger partial charge is 0.0991 e. The fraction of sp³-hybridized carbons (Fsp3) is 0.235. The third-order valence-electron chi connectivity index (χ3n) is 3.31. The molecule has 0 spiro atoms. The molecule has 96 valence electrons. The largest absolute Gasteiger partial charge is 0.378 e. The van der Waals surface area contributed by atoms with Crippen LogP contribution in [0.4, 0.5) is 5.69 Å². The molecule has 19 heavy (non-hydrogen) atoms. The molecule has 0 radical (unpaired) electrons. The van der Waals surface area contributed by atoms with Crippen molar-refractivity contribution in [1.29, 1.82) is 5.26 Å². The lowest BCUT2D eigenvalue weighted by Crippen LogP contribution is -2.08. The van der Waals surface area contributed by atoms with E-state index in [1.165, 1.54) is 16.8 Å². The lowest BCUT2D eigenvalue weighted by Gasteiger charge is -2.18. The monoisotopic (exact) mass is 250 g/mol. The van der Waals surface area contributed by atoms with Crippen molar-refractivity contribution in [1.82, 2.24) is 0 Å². The van der Waals surface area contributed by atoms with E-state index in [0.29, 0.717) is 5.56 Å². The SMILES string of the molecule is CCc1ccccc1NC(C)c1ccc(C#N)cc1. The molecule has 0 aliphatic heterocycles. The van der Waals surface area contributed by atoms with Crippen LogP contribution in [0.15, 0.2) is 48.5 Å². The molecule has 2 aromatic rings. The number of hydrogen-bond donors (Lipinski definition) is 1. The Morgan fingerprint density at radius 3 is 2.42 bits per heavy atom. The minimum Gasteiger partial charge on any atom is -0.378 e. The van der Waals surface area contributed by atoms with E-state index in [-0.39, 0.29) is 6.04 Å². The third-order valence-corrected chi connectivity index (χ3v) is 3.31. The van der Waals surface area contributed by atoms with Gasteiger partial charge in [0.2, 0.25) is 0 Å². The Morgan fingerprint density at radius 2 is 1.79 bits per heavy atom. The van der Waals surface area contributed by atoms with E-state index in [1.807, 2.05) is 30.3 Å². The number of hydrogen-bond acceptors (Lipinski definition) is 2. The van der Waals surface area contributed by atoms with Crippen LogP contribution in [0.2, 0.25) is 0 Å². The maximum atomic E-state index is 8.80. The average molecular weight is 250 g/mol. The molecule has 0 aliphatic rings. The van der Waals surface area contributed by atoms with Crippen molar-refractivity contribution in [3.05, 3.63) is 65.2 Å². The summed E-state index contributed by atoms with van der Waals surface area (Å²) in [4.78, 5) is 0. The molecule has 0 amide bonds. The zero-order valence-corrected chi connectivity index (χ0v) is 11.4. The van der Waals surface area contributed by atoms with Crippen molar-refractivity contribution in [3.63, 3.8) is 0 Å². The molecule has 0 saturated carbocycles. The van der Waals surface area contributed by atoms with Gasteiger partial charge in [0.15, 0.2) is 0 Å². The molecular formula is C17H18N2. The number of nitrogens with zero attached hydrogens (tertiary/aromatic N) is 1. The third kappa shape index (κ3) is 3.14. The van der Waals surface area contributed by atoms with Crippen LogP contribution in [0, 0.1) is 11.3 Å². The zero-order valence-electron chi connectivity index (χ0n) is 11.4. The van der Waals surface area contributed by atoms with Gasteiger partial charge in [-0.3, -0.25) is 0 Å². The first-order valence-corrected chi connectivity index (χ1v) is 6.59. The Hall–Kier alpha value is -2.27. The molecular weight excluding hydrogens is 232 g/mol. The molecule has 0 bridgehead atoms. The van der Waals surface area contributed by atoms with Crippen LogP contribution in [-0.2, 0) is 6.42 Å². The van der Waals surface area contributed by atoms with Gasteiger partial charge in [-0.15, -0.1) is 0 Å². The van der Waals surface area contributed by atoms with Gasteiger partial charge in [0.25, 0.3) is 0 Å². The Morgan fingerprint density at radius 1 is 1.11 bits per heavy atom. The maximum Gasteiger partial charge on any atom is 0.0991 e.